The van der Waals surface area contributed by atoms with Gasteiger partial charge in [-0.2, -0.15) is 0 Å². The third-order valence-corrected chi connectivity index (χ3v) is 9.89. The molecule has 2 aliphatic rings. The van der Waals surface area contributed by atoms with E-state index in [9.17, 15) is 13.2 Å². The third kappa shape index (κ3) is 5.62. The Bertz CT molecular complexity index is 1510. The maximum Gasteiger partial charge on any atom is 0.264 e. The number of aryl methyl sites for hydroxylation is 3. The molecule has 1 aliphatic heterocycles. The van der Waals surface area contributed by atoms with Crippen LogP contribution in [0.3, 0.4) is 0 Å². The normalized spacial score (nSPS) is 17.8. The number of fused-ring (bicyclic) bond motifs is 2. The van der Waals surface area contributed by atoms with Gasteiger partial charge >= 0.3 is 0 Å². The number of hydrogen-bond donors (Lipinski definition) is 1. The van der Waals surface area contributed by atoms with Crippen LogP contribution in [0.2, 0.25) is 0 Å². The van der Waals surface area contributed by atoms with E-state index in [-0.39, 0.29) is 28.8 Å². The van der Waals surface area contributed by atoms with E-state index in [1.54, 1.807) is 30.3 Å². The first-order valence-electron chi connectivity index (χ1n) is 14.3. The molecule has 5 rings (SSSR count). The van der Waals surface area contributed by atoms with E-state index in [1.807, 2.05) is 26.0 Å². The molecule has 3 aromatic carbocycles. The fourth-order valence-electron chi connectivity index (χ4n) is 5.58. The monoisotopic (exact) mass is 560 g/mol. The molecule has 0 unspecified atom stereocenters. The van der Waals surface area contributed by atoms with Gasteiger partial charge in [0.05, 0.1) is 23.2 Å². The van der Waals surface area contributed by atoms with Crippen molar-refractivity contribution < 1.29 is 17.9 Å². The maximum absolute atomic E-state index is 14.0. The van der Waals surface area contributed by atoms with Crippen LogP contribution in [-0.4, -0.2) is 27.0 Å². The van der Waals surface area contributed by atoms with E-state index in [2.05, 4.69) is 44.3 Å². The molecule has 6 nitrogen and oxygen atoms in total. The standard InChI is InChI=1S/C33H40N2O4S/c1-6-28(25-14-13-23-9-7-8-10-24(23)19-25)34-32(36)31-21-35(40(37,38)27-16-11-22(2)12-17-27)29-20-26(33(3,4)5)15-18-30(29)39-31/h11-20,28,31H,6-10,21H2,1-5H3,(H,34,36)/t28-,31-/m0/s1. The Kier molecular flexibility index (Phi) is 7.71. The summed E-state index contributed by atoms with van der Waals surface area (Å²) in [6.07, 6.45) is 4.32. The van der Waals surface area contributed by atoms with E-state index in [0.717, 1.165) is 29.5 Å². The highest BCUT2D eigenvalue weighted by molar-refractivity contribution is 7.92. The van der Waals surface area contributed by atoms with Crippen molar-refractivity contribution in [2.24, 2.45) is 0 Å². The summed E-state index contributed by atoms with van der Waals surface area (Å²) < 4.78 is 35.5. The quantitative estimate of drug-likeness (QED) is 0.379. The van der Waals surface area contributed by atoms with Crippen molar-refractivity contribution in [1.29, 1.82) is 0 Å². The van der Waals surface area contributed by atoms with Gasteiger partial charge < -0.3 is 10.1 Å². The summed E-state index contributed by atoms with van der Waals surface area (Å²) in [6, 6.07) is 18.7. The van der Waals surface area contributed by atoms with Crippen molar-refractivity contribution in [2.45, 2.75) is 89.2 Å². The molecule has 3 aromatic rings. The number of nitrogens with one attached hydrogen (secondary N) is 1. The largest absolute Gasteiger partial charge is 0.476 e. The molecule has 0 aromatic heterocycles. The van der Waals surface area contributed by atoms with Gasteiger partial charge in [-0.25, -0.2) is 8.42 Å². The van der Waals surface area contributed by atoms with Crippen LogP contribution in [0.15, 0.2) is 65.6 Å². The molecule has 1 N–H and O–H groups in total. The lowest BCUT2D eigenvalue weighted by Crippen LogP contribution is -2.51. The molecule has 2 atom stereocenters. The van der Waals surface area contributed by atoms with Crippen molar-refractivity contribution in [1.82, 2.24) is 5.32 Å². The van der Waals surface area contributed by atoms with Crippen molar-refractivity contribution in [3.63, 3.8) is 0 Å². The Morgan fingerprint density at radius 3 is 2.38 bits per heavy atom. The minimum atomic E-state index is -3.94. The van der Waals surface area contributed by atoms with Crippen LogP contribution in [0, 0.1) is 6.92 Å². The molecule has 212 valence electrons. The van der Waals surface area contributed by atoms with E-state index in [0.29, 0.717) is 17.9 Å². The lowest BCUT2D eigenvalue weighted by Gasteiger charge is -2.36. The average molecular weight is 561 g/mol. The molecule has 7 heteroatoms. The van der Waals surface area contributed by atoms with Gasteiger partial charge in [0, 0.05) is 0 Å². The third-order valence-electron chi connectivity index (χ3n) is 8.10. The van der Waals surface area contributed by atoms with Gasteiger partial charge in [-0.05, 0) is 91.0 Å². The zero-order valence-electron chi connectivity index (χ0n) is 24.2. The predicted octanol–water partition coefficient (Wildman–Crippen LogP) is 6.40. The molecule has 0 bridgehead atoms. The van der Waals surface area contributed by atoms with Crippen LogP contribution in [0.4, 0.5) is 5.69 Å². The van der Waals surface area contributed by atoms with Crippen molar-refractivity contribution >= 4 is 21.6 Å². The molecular formula is C33H40N2O4S. The van der Waals surface area contributed by atoms with E-state index in [1.165, 1.54) is 28.3 Å². The molecule has 1 heterocycles. The Balaban J connectivity index is 1.46. The predicted molar refractivity (Wildman–Crippen MR) is 160 cm³/mol. The number of anilines is 1. The highest BCUT2D eigenvalue weighted by atomic mass is 32.2. The zero-order chi connectivity index (χ0) is 28.7. The molecule has 0 fully saturated rings. The Morgan fingerprint density at radius 1 is 1.00 bits per heavy atom. The Labute approximate surface area is 238 Å². The molecule has 0 spiro atoms. The molecule has 0 saturated heterocycles. The molecule has 1 amide bonds. The number of amides is 1. The average Bonchev–Trinajstić information content (AvgIpc) is 2.94. The van der Waals surface area contributed by atoms with E-state index in [4.69, 9.17) is 4.74 Å². The Morgan fingerprint density at radius 2 is 1.70 bits per heavy atom. The molecule has 0 radical (unpaired) electrons. The first kappa shape index (κ1) is 28.2. The minimum Gasteiger partial charge on any atom is -0.476 e. The molecule has 40 heavy (non-hydrogen) atoms. The van der Waals surface area contributed by atoms with Crippen molar-refractivity contribution in [3.8, 4) is 5.75 Å². The number of hydrogen-bond acceptors (Lipinski definition) is 4. The number of rotatable bonds is 6. The van der Waals surface area contributed by atoms with Gasteiger partial charge in [0.1, 0.15) is 5.75 Å². The first-order chi connectivity index (χ1) is 19.0. The number of benzene rings is 3. The van der Waals surface area contributed by atoms with Gasteiger partial charge in [0.15, 0.2) is 6.10 Å². The second-order valence-corrected chi connectivity index (χ2v) is 14.0. The highest BCUT2D eigenvalue weighted by Crippen LogP contribution is 2.40. The number of nitrogens with zero attached hydrogens (tertiary/aromatic N) is 1. The summed E-state index contributed by atoms with van der Waals surface area (Å²) in [5.41, 5.74) is 6.07. The van der Waals surface area contributed by atoms with Crippen LogP contribution in [0.1, 0.15) is 80.8 Å². The molecule has 0 saturated carbocycles. The second-order valence-electron chi connectivity index (χ2n) is 12.1. The lowest BCUT2D eigenvalue weighted by atomic mass is 9.86. The minimum absolute atomic E-state index is 0.108. The van der Waals surface area contributed by atoms with Crippen LogP contribution < -0.4 is 14.4 Å². The maximum atomic E-state index is 14.0. The van der Waals surface area contributed by atoms with Gasteiger partial charge in [0.25, 0.3) is 15.9 Å². The van der Waals surface area contributed by atoms with E-state index >= 15 is 0 Å². The summed E-state index contributed by atoms with van der Waals surface area (Å²) in [4.78, 5) is 13.8. The zero-order valence-corrected chi connectivity index (χ0v) is 25.0. The van der Waals surface area contributed by atoms with Crippen LogP contribution in [0.25, 0.3) is 0 Å². The SMILES string of the molecule is CC[C@H](NC(=O)[C@@H]1CN(S(=O)(=O)c2ccc(C)cc2)c2cc(C(C)(C)C)ccc2O1)c1ccc2c(c1)CCCC2. The number of carbonyl (C=O) groups excluding carboxylic acids is 1. The number of sulfonamides is 1. The van der Waals surface area contributed by atoms with Crippen LogP contribution in [0.5, 0.6) is 5.75 Å². The van der Waals surface area contributed by atoms with Crippen LogP contribution in [-0.2, 0) is 33.1 Å². The molecule has 1 aliphatic carbocycles. The van der Waals surface area contributed by atoms with Crippen molar-refractivity contribution in [3.05, 3.63) is 88.5 Å². The fourth-order valence-corrected chi connectivity index (χ4v) is 7.04. The summed E-state index contributed by atoms with van der Waals surface area (Å²) >= 11 is 0. The van der Waals surface area contributed by atoms with Gasteiger partial charge in [-0.3, -0.25) is 9.10 Å². The van der Waals surface area contributed by atoms with Gasteiger partial charge in [0.2, 0.25) is 0 Å². The summed E-state index contributed by atoms with van der Waals surface area (Å²) in [6.45, 7) is 10.1. The van der Waals surface area contributed by atoms with Gasteiger partial charge in [-0.15, -0.1) is 0 Å². The van der Waals surface area contributed by atoms with Crippen LogP contribution >= 0.6 is 0 Å². The highest BCUT2D eigenvalue weighted by Gasteiger charge is 2.39. The first-order valence-corrected chi connectivity index (χ1v) is 15.7. The second kappa shape index (κ2) is 10.9. The van der Waals surface area contributed by atoms with Crippen molar-refractivity contribution in [2.75, 3.05) is 10.8 Å². The molecular weight excluding hydrogens is 520 g/mol. The summed E-state index contributed by atoms with van der Waals surface area (Å²) in [7, 11) is -3.94. The number of ether oxygens (including phenoxy) is 1. The summed E-state index contributed by atoms with van der Waals surface area (Å²) in [5, 5.41) is 3.16. The smallest absolute Gasteiger partial charge is 0.264 e. The lowest BCUT2D eigenvalue weighted by molar-refractivity contribution is -0.128. The summed E-state index contributed by atoms with van der Waals surface area (Å²) in [5.74, 6) is 0.0659. The Hall–Kier alpha value is -3.32. The topological polar surface area (TPSA) is 75.7 Å². The number of carbonyl (C=O) groups is 1. The van der Waals surface area contributed by atoms with E-state index < -0.39 is 16.1 Å². The fraction of sp³-hybridized carbons (Fsp3) is 0.424. The van der Waals surface area contributed by atoms with Gasteiger partial charge in [-0.1, -0.05) is 69.7 Å².